The number of aromatic nitrogens is 1. The van der Waals surface area contributed by atoms with E-state index in [1.54, 1.807) is 18.3 Å². The lowest BCUT2D eigenvalue weighted by molar-refractivity contribution is 0.113. The van der Waals surface area contributed by atoms with Gasteiger partial charge in [0, 0.05) is 17.5 Å². The molecule has 27 heavy (non-hydrogen) atoms. The van der Waals surface area contributed by atoms with Crippen molar-refractivity contribution in [3.63, 3.8) is 0 Å². The Morgan fingerprint density at radius 3 is 2.74 bits per heavy atom. The van der Waals surface area contributed by atoms with Crippen LogP contribution in [-0.4, -0.2) is 29.4 Å². The van der Waals surface area contributed by atoms with Gasteiger partial charge in [0.15, 0.2) is 0 Å². The molecule has 1 saturated heterocycles. The van der Waals surface area contributed by atoms with Crippen molar-refractivity contribution >= 4 is 16.6 Å². The van der Waals surface area contributed by atoms with E-state index in [1.165, 1.54) is 6.07 Å². The zero-order chi connectivity index (χ0) is 18.8. The number of hydrogen-bond donors (Lipinski definition) is 3. The number of benzene rings is 2. The van der Waals surface area contributed by atoms with Gasteiger partial charge in [0.2, 0.25) is 0 Å². The molecule has 5 heteroatoms. The summed E-state index contributed by atoms with van der Waals surface area (Å²) in [6, 6.07) is 12.8. The Bertz CT molecular complexity index is 953. The first kappa shape index (κ1) is 17.9. The summed E-state index contributed by atoms with van der Waals surface area (Å²) < 4.78 is 13.6. The van der Waals surface area contributed by atoms with Crippen molar-refractivity contribution in [3.8, 4) is 11.1 Å². The van der Waals surface area contributed by atoms with Crippen LogP contribution in [0.2, 0.25) is 0 Å². The highest BCUT2D eigenvalue weighted by molar-refractivity contribution is 5.88. The van der Waals surface area contributed by atoms with Gasteiger partial charge in [-0.2, -0.15) is 0 Å². The molecule has 140 valence electrons. The summed E-state index contributed by atoms with van der Waals surface area (Å²) in [6.07, 6.45) is 3.12. The van der Waals surface area contributed by atoms with Crippen LogP contribution in [0.5, 0.6) is 0 Å². The van der Waals surface area contributed by atoms with Crippen molar-refractivity contribution in [2.45, 2.75) is 26.0 Å². The Kier molecular flexibility index (Phi) is 5.05. The van der Waals surface area contributed by atoms with Crippen LogP contribution in [0.3, 0.4) is 0 Å². The summed E-state index contributed by atoms with van der Waals surface area (Å²) in [5.74, 6) is 0.672. The molecule has 3 N–H and O–H groups in total. The molecular weight excluding hydrogens is 341 g/mol. The van der Waals surface area contributed by atoms with Crippen molar-refractivity contribution in [2.75, 3.05) is 18.4 Å². The maximum absolute atomic E-state index is 13.6. The largest absolute Gasteiger partial charge is 0.373 e. The van der Waals surface area contributed by atoms with Crippen molar-refractivity contribution in [1.82, 2.24) is 10.3 Å². The maximum atomic E-state index is 13.6. The van der Waals surface area contributed by atoms with Gasteiger partial charge in [-0.25, -0.2) is 9.37 Å². The molecule has 2 aromatic carbocycles. The number of fused-ring (bicyclic) bond motifs is 1. The van der Waals surface area contributed by atoms with Crippen LogP contribution in [0.4, 0.5) is 10.2 Å². The fourth-order valence-electron chi connectivity index (χ4n) is 3.72. The molecule has 1 aliphatic rings. The second-order valence-electron chi connectivity index (χ2n) is 7.27. The fraction of sp³-hybridized carbons (Fsp3) is 0.318. The van der Waals surface area contributed by atoms with Gasteiger partial charge in [0.05, 0.1) is 0 Å². The highest BCUT2D eigenvalue weighted by Gasteiger charge is 2.21. The number of rotatable bonds is 4. The van der Waals surface area contributed by atoms with Crippen molar-refractivity contribution in [1.29, 1.82) is 0 Å². The van der Waals surface area contributed by atoms with Crippen LogP contribution in [0.15, 0.2) is 48.7 Å². The maximum Gasteiger partial charge on any atom is 0.128 e. The zero-order valence-corrected chi connectivity index (χ0v) is 15.4. The van der Waals surface area contributed by atoms with E-state index in [0.29, 0.717) is 5.82 Å². The third-order valence-electron chi connectivity index (χ3n) is 5.36. The minimum atomic E-state index is -0.591. The zero-order valence-electron chi connectivity index (χ0n) is 15.4. The number of nitrogens with one attached hydrogen (secondary N) is 2. The molecule has 1 unspecified atom stereocenters. The fourth-order valence-corrected chi connectivity index (χ4v) is 3.72. The number of aliphatic hydroxyl groups is 1. The van der Waals surface area contributed by atoms with Gasteiger partial charge in [-0.1, -0.05) is 18.2 Å². The summed E-state index contributed by atoms with van der Waals surface area (Å²) >= 11 is 0. The Morgan fingerprint density at radius 2 is 1.93 bits per heavy atom. The smallest absolute Gasteiger partial charge is 0.128 e. The number of piperidine rings is 1. The molecule has 0 saturated carbocycles. The van der Waals surface area contributed by atoms with Gasteiger partial charge in [0.1, 0.15) is 17.9 Å². The predicted octanol–water partition coefficient (Wildman–Crippen LogP) is 4.08. The van der Waals surface area contributed by atoms with Gasteiger partial charge in [0.25, 0.3) is 0 Å². The molecule has 0 aliphatic carbocycles. The molecule has 4 rings (SSSR count). The quantitative estimate of drug-likeness (QED) is 0.610. The molecule has 0 radical (unpaired) electrons. The number of halogens is 1. The monoisotopic (exact) mass is 365 g/mol. The molecule has 3 aromatic rings. The Hall–Kier alpha value is -2.50. The summed E-state index contributed by atoms with van der Waals surface area (Å²) in [7, 11) is 0. The number of hydrogen-bond acceptors (Lipinski definition) is 4. The minimum Gasteiger partial charge on any atom is -0.373 e. The van der Waals surface area contributed by atoms with Crippen LogP contribution in [0.25, 0.3) is 21.9 Å². The topological polar surface area (TPSA) is 57.2 Å². The van der Waals surface area contributed by atoms with Crippen LogP contribution in [0, 0.1) is 18.7 Å². The molecule has 1 atom stereocenters. The summed E-state index contributed by atoms with van der Waals surface area (Å²) in [6.45, 7) is 3.86. The Balaban J connectivity index is 1.57. The van der Waals surface area contributed by atoms with Crippen LogP contribution in [-0.2, 0) is 0 Å². The first-order valence-corrected chi connectivity index (χ1v) is 9.42. The lowest BCUT2D eigenvalue weighted by Crippen LogP contribution is -2.37. The number of anilines is 1. The molecule has 1 fully saturated rings. The standard InChI is InChI=1S/C22H24FN3O/c1-14-2-5-19(23)12-20(14)17-4-3-16-11-21(25-13-18(16)10-17)26-22(27)15-6-8-24-9-7-15/h2-5,10-13,15,22,24,27H,6-9H2,1H3,(H,25,26). The first-order chi connectivity index (χ1) is 13.1. The Morgan fingerprint density at radius 1 is 1.11 bits per heavy atom. The normalized spacial score (nSPS) is 16.4. The Labute approximate surface area is 158 Å². The second kappa shape index (κ2) is 7.62. The number of pyridine rings is 1. The molecular formula is C22H24FN3O. The van der Waals surface area contributed by atoms with Crippen LogP contribution < -0.4 is 10.6 Å². The van der Waals surface area contributed by atoms with Crippen molar-refractivity contribution in [2.24, 2.45) is 5.92 Å². The van der Waals surface area contributed by atoms with Crippen molar-refractivity contribution < 1.29 is 9.50 Å². The highest BCUT2D eigenvalue weighted by Crippen LogP contribution is 2.28. The van der Waals surface area contributed by atoms with Gasteiger partial charge < -0.3 is 15.7 Å². The van der Waals surface area contributed by atoms with Crippen LogP contribution in [0.1, 0.15) is 18.4 Å². The van der Waals surface area contributed by atoms with E-state index in [0.717, 1.165) is 53.4 Å². The molecule has 2 heterocycles. The van der Waals surface area contributed by atoms with E-state index >= 15 is 0 Å². The van der Waals surface area contributed by atoms with E-state index in [2.05, 4.69) is 15.6 Å². The number of nitrogens with zero attached hydrogens (tertiary/aromatic N) is 1. The summed E-state index contributed by atoms with van der Waals surface area (Å²) in [4.78, 5) is 4.46. The summed E-state index contributed by atoms with van der Waals surface area (Å²) in [5, 5.41) is 18.9. The van der Waals surface area contributed by atoms with E-state index < -0.39 is 6.23 Å². The summed E-state index contributed by atoms with van der Waals surface area (Å²) in [5.41, 5.74) is 2.89. The van der Waals surface area contributed by atoms with E-state index in [4.69, 9.17) is 0 Å². The minimum absolute atomic E-state index is 0.236. The van der Waals surface area contributed by atoms with E-state index in [9.17, 15) is 9.50 Å². The number of aryl methyl sites for hydroxylation is 1. The third kappa shape index (κ3) is 3.94. The lowest BCUT2D eigenvalue weighted by atomic mass is 9.96. The first-order valence-electron chi connectivity index (χ1n) is 9.42. The number of aliphatic hydroxyl groups excluding tert-OH is 1. The average molecular weight is 365 g/mol. The lowest BCUT2D eigenvalue weighted by Gasteiger charge is -2.28. The van der Waals surface area contributed by atoms with Gasteiger partial charge in [-0.3, -0.25) is 0 Å². The van der Waals surface area contributed by atoms with Gasteiger partial charge in [-0.15, -0.1) is 0 Å². The highest BCUT2D eigenvalue weighted by atomic mass is 19.1. The van der Waals surface area contributed by atoms with E-state index in [1.807, 2.05) is 31.2 Å². The molecule has 1 aliphatic heterocycles. The molecule has 1 aromatic heterocycles. The van der Waals surface area contributed by atoms with Gasteiger partial charge in [-0.05, 0) is 79.2 Å². The SMILES string of the molecule is Cc1ccc(F)cc1-c1ccc2cc(NC(O)C3CCNCC3)ncc2c1. The van der Waals surface area contributed by atoms with Crippen molar-refractivity contribution in [3.05, 3.63) is 60.0 Å². The molecule has 0 amide bonds. The van der Waals surface area contributed by atoms with Crippen LogP contribution >= 0.6 is 0 Å². The van der Waals surface area contributed by atoms with E-state index in [-0.39, 0.29) is 11.7 Å². The third-order valence-corrected chi connectivity index (χ3v) is 5.36. The predicted molar refractivity (Wildman–Crippen MR) is 107 cm³/mol. The second-order valence-corrected chi connectivity index (χ2v) is 7.27. The van der Waals surface area contributed by atoms with Gasteiger partial charge >= 0.3 is 0 Å². The molecule has 0 spiro atoms. The molecule has 0 bridgehead atoms. The average Bonchev–Trinajstić information content (AvgIpc) is 2.70. The molecule has 4 nitrogen and oxygen atoms in total.